The molecular formula is C13H20FNO4. The Morgan fingerprint density at radius 3 is 2.26 bits per heavy atom. The number of carboxylic acids is 1. The predicted molar refractivity (Wildman–Crippen MR) is 67.4 cm³/mol. The zero-order chi connectivity index (χ0) is 14.6. The average Bonchev–Trinajstić information content (AvgIpc) is 2.27. The van der Waals surface area contributed by atoms with Crippen LogP contribution in [-0.2, 0) is 9.53 Å². The first-order chi connectivity index (χ1) is 8.69. The zero-order valence-corrected chi connectivity index (χ0v) is 11.5. The summed E-state index contributed by atoms with van der Waals surface area (Å²) in [6.45, 7) is 6.28. The van der Waals surface area contributed by atoms with Crippen LogP contribution in [-0.4, -0.2) is 40.8 Å². The number of aliphatic carboxylic acids is 1. The minimum Gasteiger partial charge on any atom is -0.476 e. The minimum atomic E-state index is -1.55. The highest BCUT2D eigenvalue weighted by Crippen LogP contribution is 2.22. The first-order valence-corrected chi connectivity index (χ1v) is 6.27. The van der Waals surface area contributed by atoms with E-state index in [2.05, 4.69) is 0 Å². The second-order valence-electron chi connectivity index (χ2n) is 5.62. The van der Waals surface area contributed by atoms with E-state index >= 15 is 0 Å². The Morgan fingerprint density at radius 1 is 1.32 bits per heavy atom. The van der Waals surface area contributed by atoms with Gasteiger partial charge in [0.05, 0.1) is 0 Å². The van der Waals surface area contributed by atoms with Gasteiger partial charge in [-0.2, -0.15) is 4.39 Å². The van der Waals surface area contributed by atoms with Crippen LogP contribution in [0.3, 0.4) is 0 Å². The molecule has 0 aromatic carbocycles. The van der Waals surface area contributed by atoms with Crippen molar-refractivity contribution >= 4 is 12.1 Å². The van der Waals surface area contributed by atoms with E-state index in [1.54, 1.807) is 25.7 Å². The normalized spacial score (nSPS) is 18.3. The van der Waals surface area contributed by atoms with Gasteiger partial charge in [-0.1, -0.05) is 0 Å². The fourth-order valence-corrected chi connectivity index (χ4v) is 1.85. The van der Waals surface area contributed by atoms with Crippen LogP contribution in [0.1, 0.15) is 33.6 Å². The third-order valence-corrected chi connectivity index (χ3v) is 2.78. The molecule has 0 saturated carbocycles. The minimum absolute atomic E-state index is 0.144. The summed E-state index contributed by atoms with van der Waals surface area (Å²) in [7, 11) is 0. The van der Waals surface area contributed by atoms with E-state index < -0.39 is 17.4 Å². The monoisotopic (exact) mass is 273 g/mol. The molecule has 1 rings (SSSR count). The Balaban J connectivity index is 2.47. The van der Waals surface area contributed by atoms with Gasteiger partial charge in [0.25, 0.3) is 0 Å². The van der Waals surface area contributed by atoms with E-state index in [9.17, 15) is 14.0 Å². The highest BCUT2D eigenvalue weighted by Gasteiger charge is 2.26. The Hall–Kier alpha value is -1.59. The van der Waals surface area contributed by atoms with Crippen LogP contribution in [0.4, 0.5) is 9.18 Å². The molecule has 1 aliphatic heterocycles. The Bertz CT molecular complexity index is 379. The van der Waals surface area contributed by atoms with Crippen LogP contribution in [0.15, 0.2) is 11.9 Å². The molecule has 5 nitrogen and oxygen atoms in total. The number of carbonyl (C=O) groups excluding carboxylic acids is 1. The van der Waals surface area contributed by atoms with Crippen molar-refractivity contribution < 1.29 is 23.8 Å². The molecule has 0 radical (unpaired) electrons. The van der Waals surface area contributed by atoms with E-state index in [4.69, 9.17) is 9.84 Å². The first kappa shape index (κ1) is 15.5. The van der Waals surface area contributed by atoms with Crippen molar-refractivity contribution in [2.45, 2.75) is 39.2 Å². The largest absolute Gasteiger partial charge is 0.476 e. The molecule has 0 aromatic heterocycles. The SMILES string of the molecule is CC(C)(C)OC(=O)N1CCC(C=C(F)C(=O)O)CC1. The topological polar surface area (TPSA) is 66.8 Å². The van der Waals surface area contributed by atoms with Crippen molar-refractivity contribution in [2.24, 2.45) is 5.92 Å². The van der Waals surface area contributed by atoms with Crippen LogP contribution in [0.5, 0.6) is 0 Å². The lowest BCUT2D eigenvalue weighted by molar-refractivity contribution is -0.134. The Kier molecular flexibility index (Phi) is 4.91. The van der Waals surface area contributed by atoms with E-state index in [-0.39, 0.29) is 12.0 Å². The van der Waals surface area contributed by atoms with Gasteiger partial charge in [-0.25, -0.2) is 9.59 Å². The number of amides is 1. The zero-order valence-electron chi connectivity index (χ0n) is 11.5. The van der Waals surface area contributed by atoms with Crippen molar-refractivity contribution in [1.29, 1.82) is 0 Å². The van der Waals surface area contributed by atoms with Gasteiger partial charge in [-0.3, -0.25) is 0 Å². The molecule has 6 heteroatoms. The summed E-state index contributed by atoms with van der Waals surface area (Å²) in [6.07, 6.45) is 1.82. The lowest BCUT2D eigenvalue weighted by Crippen LogP contribution is -2.41. The molecule has 108 valence electrons. The number of hydrogen-bond acceptors (Lipinski definition) is 3. The number of hydrogen-bond donors (Lipinski definition) is 1. The number of rotatable bonds is 2. The highest BCUT2D eigenvalue weighted by molar-refractivity contribution is 5.83. The number of piperidine rings is 1. The molecular weight excluding hydrogens is 253 g/mol. The van der Waals surface area contributed by atoms with Crippen LogP contribution in [0.25, 0.3) is 0 Å². The second kappa shape index (κ2) is 6.04. The van der Waals surface area contributed by atoms with E-state index in [1.807, 2.05) is 0 Å². The van der Waals surface area contributed by atoms with Crippen molar-refractivity contribution in [3.8, 4) is 0 Å². The van der Waals surface area contributed by atoms with Crippen LogP contribution in [0.2, 0.25) is 0 Å². The second-order valence-corrected chi connectivity index (χ2v) is 5.62. The van der Waals surface area contributed by atoms with E-state index in [0.29, 0.717) is 25.9 Å². The van der Waals surface area contributed by atoms with Gasteiger partial charge in [0, 0.05) is 13.1 Å². The fourth-order valence-electron chi connectivity index (χ4n) is 1.85. The molecule has 1 amide bonds. The Morgan fingerprint density at radius 2 is 1.84 bits per heavy atom. The molecule has 0 aliphatic carbocycles. The van der Waals surface area contributed by atoms with Crippen LogP contribution < -0.4 is 0 Å². The maximum atomic E-state index is 12.9. The number of carbonyl (C=O) groups is 2. The van der Waals surface area contributed by atoms with Crippen molar-refractivity contribution in [3.63, 3.8) is 0 Å². The quantitative estimate of drug-likeness (QED) is 0.785. The van der Waals surface area contributed by atoms with Gasteiger partial charge >= 0.3 is 12.1 Å². The van der Waals surface area contributed by atoms with Crippen molar-refractivity contribution in [2.75, 3.05) is 13.1 Å². The molecule has 0 bridgehead atoms. The van der Waals surface area contributed by atoms with Gasteiger partial charge in [0.15, 0.2) is 0 Å². The standard InChI is InChI=1S/C13H20FNO4/c1-13(2,3)19-12(18)15-6-4-9(5-7-15)8-10(14)11(16)17/h8-9H,4-7H2,1-3H3,(H,16,17). The number of allylic oxidation sites excluding steroid dienone is 1. The molecule has 19 heavy (non-hydrogen) atoms. The molecule has 1 fully saturated rings. The lowest BCUT2D eigenvalue weighted by Gasteiger charge is -2.32. The van der Waals surface area contributed by atoms with E-state index in [0.717, 1.165) is 6.08 Å². The van der Waals surface area contributed by atoms with Gasteiger partial charge in [-0.15, -0.1) is 0 Å². The lowest BCUT2D eigenvalue weighted by atomic mass is 9.96. The molecule has 0 atom stereocenters. The summed E-state index contributed by atoms with van der Waals surface area (Å²) < 4.78 is 18.2. The van der Waals surface area contributed by atoms with E-state index in [1.165, 1.54) is 0 Å². The predicted octanol–water partition coefficient (Wildman–Crippen LogP) is 2.57. The summed E-state index contributed by atoms with van der Waals surface area (Å²) in [4.78, 5) is 23.7. The maximum absolute atomic E-state index is 12.9. The number of halogens is 1. The summed E-state index contributed by atoms with van der Waals surface area (Å²) in [5.41, 5.74) is -0.538. The first-order valence-electron chi connectivity index (χ1n) is 6.27. The summed E-state index contributed by atoms with van der Waals surface area (Å²) >= 11 is 0. The van der Waals surface area contributed by atoms with Crippen LogP contribution >= 0.6 is 0 Å². The third-order valence-electron chi connectivity index (χ3n) is 2.78. The summed E-state index contributed by atoms with van der Waals surface area (Å²) in [5.74, 6) is -2.82. The Labute approximate surface area is 112 Å². The number of likely N-dealkylation sites (tertiary alicyclic amines) is 1. The van der Waals surface area contributed by atoms with Crippen molar-refractivity contribution in [3.05, 3.63) is 11.9 Å². The molecule has 1 aliphatic rings. The highest BCUT2D eigenvalue weighted by atomic mass is 19.1. The summed E-state index contributed by atoms with van der Waals surface area (Å²) in [6, 6.07) is 0. The fraction of sp³-hybridized carbons (Fsp3) is 0.692. The molecule has 1 heterocycles. The molecule has 0 aromatic rings. The molecule has 0 unspecified atom stereocenters. The van der Waals surface area contributed by atoms with Gasteiger partial charge in [0.2, 0.25) is 5.83 Å². The summed E-state index contributed by atoms with van der Waals surface area (Å²) in [5, 5.41) is 8.45. The smallest absolute Gasteiger partial charge is 0.410 e. The van der Waals surface area contributed by atoms with Gasteiger partial charge < -0.3 is 14.7 Å². The number of carboxylic acid groups (broad SMARTS) is 1. The number of ether oxygens (including phenoxy) is 1. The van der Waals surface area contributed by atoms with Crippen molar-refractivity contribution in [1.82, 2.24) is 4.90 Å². The maximum Gasteiger partial charge on any atom is 0.410 e. The average molecular weight is 273 g/mol. The van der Waals surface area contributed by atoms with Gasteiger partial charge in [0.1, 0.15) is 5.60 Å². The molecule has 1 saturated heterocycles. The molecule has 0 spiro atoms. The van der Waals surface area contributed by atoms with Gasteiger partial charge in [-0.05, 0) is 45.6 Å². The van der Waals surface area contributed by atoms with Crippen LogP contribution in [0, 0.1) is 5.92 Å². The third kappa shape index (κ3) is 5.28. The number of nitrogens with zero attached hydrogens (tertiary/aromatic N) is 1. The molecule has 1 N–H and O–H groups in total.